The highest BCUT2D eigenvalue weighted by molar-refractivity contribution is 9.08. The molecule has 8 nitrogen and oxygen atoms in total. The van der Waals surface area contributed by atoms with E-state index in [1.165, 1.54) is 0 Å². The number of hydrogen-bond acceptors (Lipinski definition) is 7. The minimum atomic E-state index is -0.654. The lowest BCUT2D eigenvalue weighted by atomic mass is 9.87. The number of carbonyl (C=O) groups excluding carboxylic acids is 1. The van der Waals surface area contributed by atoms with Gasteiger partial charge in [0.1, 0.15) is 12.7 Å². The third kappa shape index (κ3) is 6.33. The van der Waals surface area contributed by atoms with Crippen LogP contribution in [-0.4, -0.2) is 72.5 Å². The van der Waals surface area contributed by atoms with Gasteiger partial charge in [-0.05, 0) is 37.5 Å². The first-order chi connectivity index (χ1) is 16.5. The maximum absolute atomic E-state index is 12.8. The van der Waals surface area contributed by atoms with Crippen molar-refractivity contribution in [1.82, 2.24) is 19.9 Å². The third-order valence-electron chi connectivity index (χ3n) is 6.89. The number of nitrogens with one attached hydrogen (secondary N) is 3. The number of aliphatic hydroxyl groups excluding tert-OH is 1. The van der Waals surface area contributed by atoms with Gasteiger partial charge in [0.25, 0.3) is 0 Å². The highest BCUT2D eigenvalue weighted by Crippen LogP contribution is 2.31. The number of fused-ring (bicyclic) bond motifs is 1. The highest BCUT2D eigenvalue weighted by Gasteiger charge is 2.32. The monoisotopic (exact) mass is 534 g/mol. The first kappa shape index (κ1) is 25.0. The second-order valence-corrected chi connectivity index (χ2v) is 9.72. The zero-order valence-corrected chi connectivity index (χ0v) is 21.2. The molecule has 4 rings (SSSR count). The lowest BCUT2D eigenvalue weighted by molar-refractivity contribution is -0.124. The van der Waals surface area contributed by atoms with Crippen LogP contribution in [-0.2, 0) is 4.79 Å². The fourth-order valence-electron chi connectivity index (χ4n) is 4.75. The summed E-state index contributed by atoms with van der Waals surface area (Å²) in [7, 11) is 0. The number of nitrogens with zero attached hydrogens (tertiary/aromatic N) is 1. The minimum Gasteiger partial charge on any atom is -0.486 e. The molecule has 186 valence electrons. The Hall–Kier alpha value is -2.07. The number of likely N-dealkylation sites (tertiary alicyclic amines) is 1. The van der Waals surface area contributed by atoms with E-state index in [0.717, 1.165) is 50.2 Å². The van der Waals surface area contributed by atoms with Crippen LogP contribution in [0.2, 0.25) is 0 Å². The van der Waals surface area contributed by atoms with Crippen LogP contribution in [0.4, 0.5) is 0 Å². The number of para-hydroxylation sites is 2. The number of rotatable bonds is 9. The average Bonchev–Trinajstić information content (AvgIpc) is 2.87. The van der Waals surface area contributed by atoms with Crippen LogP contribution in [0, 0.1) is 0 Å². The molecular formula is C25H35BrN4O4. The van der Waals surface area contributed by atoms with Crippen LogP contribution < -0.4 is 24.5 Å². The van der Waals surface area contributed by atoms with Crippen molar-refractivity contribution in [2.45, 2.75) is 56.4 Å². The number of aliphatic hydroxyl groups is 1. The van der Waals surface area contributed by atoms with Gasteiger partial charge in [-0.25, -0.2) is 0 Å². The Morgan fingerprint density at radius 1 is 1.29 bits per heavy atom. The van der Waals surface area contributed by atoms with Crippen LogP contribution >= 0.6 is 16.1 Å². The second kappa shape index (κ2) is 11.6. The molecule has 0 aromatic heterocycles. The maximum Gasteiger partial charge on any atom is 0.234 e. The maximum atomic E-state index is 12.8. The molecule has 1 aromatic carbocycles. The van der Waals surface area contributed by atoms with Crippen LogP contribution in [0.3, 0.4) is 0 Å². The van der Waals surface area contributed by atoms with E-state index in [0.29, 0.717) is 31.5 Å². The van der Waals surface area contributed by atoms with Gasteiger partial charge in [0.2, 0.25) is 5.91 Å². The van der Waals surface area contributed by atoms with Crippen molar-refractivity contribution in [3.63, 3.8) is 0 Å². The summed E-state index contributed by atoms with van der Waals surface area (Å²) in [5.41, 5.74) is 0.705. The van der Waals surface area contributed by atoms with Crippen molar-refractivity contribution in [3.8, 4) is 11.5 Å². The molecule has 1 saturated heterocycles. The van der Waals surface area contributed by atoms with E-state index in [2.05, 4.69) is 49.0 Å². The van der Waals surface area contributed by atoms with Crippen LogP contribution in [0.25, 0.3) is 0 Å². The van der Waals surface area contributed by atoms with Crippen molar-refractivity contribution >= 4 is 22.1 Å². The minimum absolute atomic E-state index is 0.0545. The van der Waals surface area contributed by atoms with E-state index in [1.54, 1.807) is 0 Å². The van der Waals surface area contributed by atoms with Gasteiger partial charge in [0.15, 0.2) is 17.6 Å². The molecule has 9 heteroatoms. The zero-order valence-electron chi connectivity index (χ0n) is 19.6. The van der Waals surface area contributed by atoms with Crippen molar-refractivity contribution < 1.29 is 19.4 Å². The molecule has 0 saturated carbocycles. The topological polar surface area (TPSA) is 95.1 Å². The third-order valence-corrected chi connectivity index (χ3v) is 7.40. The molecule has 0 bridgehead atoms. The van der Waals surface area contributed by atoms with Gasteiger partial charge < -0.3 is 29.6 Å². The number of piperidine rings is 1. The SMILES string of the molecule is CCC1(NC(=O)CN2CCC(NCC(O)C3COc4ccccc4O3)CC2)C=CC=C(NBr)C1. The number of hydrogen-bond donors (Lipinski definition) is 4. The van der Waals surface area contributed by atoms with E-state index in [9.17, 15) is 9.90 Å². The van der Waals surface area contributed by atoms with Gasteiger partial charge in [-0.1, -0.05) is 31.2 Å². The lowest BCUT2D eigenvalue weighted by Crippen LogP contribution is -2.53. The Morgan fingerprint density at radius 3 is 2.79 bits per heavy atom. The Morgan fingerprint density at radius 2 is 2.06 bits per heavy atom. The van der Waals surface area contributed by atoms with Crippen molar-refractivity contribution in [1.29, 1.82) is 0 Å². The molecular weight excluding hydrogens is 500 g/mol. The summed E-state index contributed by atoms with van der Waals surface area (Å²) in [6.07, 6.45) is 8.49. The molecule has 1 fully saturated rings. The van der Waals surface area contributed by atoms with Crippen LogP contribution in [0.5, 0.6) is 11.5 Å². The van der Waals surface area contributed by atoms with E-state index in [4.69, 9.17) is 9.47 Å². The number of amides is 1. The Kier molecular flexibility index (Phi) is 8.52. The molecule has 34 heavy (non-hydrogen) atoms. The molecule has 3 atom stereocenters. The standard InChI is InChI=1S/C25H35BrN4O4/c1-2-25(11-5-6-19(14-25)29-26)28-24(32)16-30-12-9-18(10-13-30)27-15-20(31)23-17-33-21-7-3-4-8-22(21)34-23/h3-8,11,18,20,23,27,29,31H,2,9-10,12-17H2,1H3,(H,28,32). The zero-order chi connectivity index (χ0) is 24.0. The van der Waals surface area contributed by atoms with Gasteiger partial charge in [-0.2, -0.15) is 0 Å². The summed E-state index contributed by atoms with van der Waals surface area (Å²) in [5.74, 6) is 1.45. The number of ether oxygens (including phenoxy) is 2. The number of halogens is 1. The fourth-order valence-corrected chi connectivity index (χ4v) is 5.02. The number of benzene rings is 1. The van der Waals surface area contributed by atoms with Gasteiger partial charge >= 0.3 is 0 Å². The second-order valence-electron chi connectivity index (χ2n) is 9.32. The van der Waals surface area contributed by atoms with Crippen molar-refractivity contribution in [2.24, 2.45) is 0 Å². The fraction of sp³-hybridized carbons (Fsp3) is 0.560. The first-order valence-corrected chi connectivity index (χ1v) is 12.9. The normalized spacial score (nSPS) is 26.0. The van der Waals surface area contributed by atoms with E-state index < -0.39 is 6.10 Å². The summed E-state index contributed by atoms with van der Waals surface area (Å²) in [6, 6.07) is 7.83. The van der Waals surface area contributed by atoms with Gasteiger partial charge in [0, 0.05) is 53.9 Å². The molecule has 0 radical (unpaired) electrons. The highest BCUT2D eigenvalue weighted by atomic mass is 79.9. The van der Waals surface area contributed by atoms with E-state index in [-0.39, 0.29) is 17.6 Å². The van der Waals surface area contributed by atoms with Gasteiger partial charge in [-0.15, -0.1) is 0 Å². The summed E-state index contributed by atoms with van der Waals surface area (Å²) in [5, 5.41) is 17.3. The molecule has 3 aliphatic rings. The van der Waals surface area contributed by atoms with Gasteiger partial charge in [-0.3, -0.25) is 9.69 Å². The lowest BCUT2D eigenvalue weighted by Gasteiger charge is -2.36. The number of allylic oxidation sites excluding steroid dienone is 2. The van der Waals surface area contributed by atoms with E-state index >= 15 is 0 Å². The van der Waals surface area contributed by atoms with Gasteiger partial charge in [0.05, 0.1) is 12.1 Å². The summed E-state index contributed by atoms with van der Waals surface area (Å²) in [4.78, 5) is 15.0. The Labute approximate surface area is 210 Å². The van der Waals surface area contributed by atoms with Crippen molar-refractivity contribution in [2.75, 3.05) is 32.8 Å². The summed E-state index contributed by atoms with van der Waals surface area (Å²) in [6.45, 7) is 4.98. The van der Waals surface area contributed by atoms with Crippen LogP contribution in [0.15, 0.2) is 48.2 Å². The molecule has 1 aromatic rings. The summed E-state index contributed by atoms with van der Waals surface area (Å²) < 4.78 is 14.6. The van der Waals surface area contributed by atoms with Crippen LogP contribution in [0.1, 0.15) is 32.6 Å². The predicted octanol–water partition coefficient (Wildman–Crippen LogP) is 2.25. The first-order valence-electron chi connectivity index (χ1n) is 12.1. The molecule has 3 unspecified atom stereocenters. The number of carbonyl (C=O) groups is 1. The smallest absolute Gasteiger partial charge is 0.234 e. The average molecular weight is 535 g/mol. The summed E-state index contributed by atoms with van der Waals surface area (Å²) >= 11 is 3.29. The molecule has 2 heterocycles. The Balaban J connectivity index is 1.16. The quantitative estimate of drug-likeness (QED) is 0.361. The molecule has 1 aliphatic carbocycles. The molecule has 1 amide bonds. The molecule has 0 spiro atoms. The Bertz CT molecular complexity index is 903. The molecule has 4 N–H and O–H groups in total. The predicted molar refractivity (Wildman–Crippen MR) is 135 cm³/mol. The van der Waals surface area contributed by atoms with Crippen molar-refractivity contribution in [3.05, 3.63) is 48.2 Å². The van der Waals surface area contributed by atoms with E-state index in [1.807, 2.05) is 36.4 Å². The largest absolute Gasteiger partial charge is 0.486 e. The molecule has 2 aliphatic heterocycles.